The minimum Gasteiger partial charge on any atom is -0.379 e. The van der Waals surface area contributed by atoms with E-state index in [2.05, 4.69) is 44.5 Å². The van der Waals surface area contributed by atoms with Crippen LogP contribution in [0, 0.1) is 0 Å². The number of morpholine rings is 1. The number of nitrogens with zero attached hydrogens (tertiary/aromatic N) is 1. The molecular weight excluding hydrogens is 236 g/mol. The SMILES string of the molecule is C=C(C)CC(NCCC)C(C)(CC)N1CCOCC1. The Morgan fingerprint density at radius 1 is 1.37 bits per heavy atom. The quantitative estimate of drug-likeness (QED) is 0.685. The lowest BCUT2D eigenvalue weighted by molar-refractivity contribution is -0.0321. The van der Waals surface area contributed by atoms with Crippen LogP contribution in [0.3, 0.4) is 0 Å². The van der Waals surface area contributed by atoms with Crippen LogP contribution >= 0.6 is 0 Å². The lowest BCUT2D eigenvalue weighted by Gasteiger charge is -2.48. The molecule has 0 aliphatic carbocycles. The number of nitrogens with one attached hydrogen (secondary N) is 1. The molecule has 1 N–H and O–H groups in total. The van der Waals surface area contributed by atoms with Crippen molar-refractivity contribution in [1.82, 2.24) is 10.2 Å². The molecule has 19 heavy (non-hydrogen) atoms. The zero-order valence-corrected chi connectivity index (χ0v) is 13.3. The van der Waals surface area contributed by atoms with Gasteiger partial charge in [0.05, 0.1) is 13.2 Å². The summed E-state index contributed by atoms with van der Waals surface area (Å²) < 4.78 is 5.50. The van der Waals surface area contributed by atoms with Crippen molar-refractivity contribution in [3.8, 4) is 0 Å². The van der Waals surface area contributed by atoms with E-state index in [4.69, 9.17) is 4.74 Å². The highest BCUT2D eigenvalue weighted by atomic mass is 16.5. The van der Waals surface area contributed by atoms with Gasteiger partial charge in [-0.3, -0.25) is 4.90 Å². The number of rotatable bonds is 8. The van der Waals surface area contributed by atoms with Crippen LogP contribution in [0.15, 0.2) is 12.2 Å². The molecule has 0 bridgehead atoms. The van der Waals surface area contributed by atoms with Gasteiger partial charge in [-0.1, -0.05) is 19.4 Å². The lowest BCUT2D eigenvalue weighted by atomic mass is 9.83. The Balaban J connectivity index is 2.80. The van der Waals surface area contributed by atoms with Crippen LogP contribution in [-0.4, -0.2) is 49.3 Å². The molecule has 3 nitrogen and oxygen atoms in total. The summed E-state index contributed by atoms with van der Waals surface area (Å²) in [5.41, 5.74) is 1.46. The highest BCUT2D eigenvalue weighted by Crippen LogP contribution is 2.28. The fourth-order valence-electron chi connectivity index (χ4n) is 2.94. The van der Waals surface area contributed by atoms with Crippen molar-refractivity contribution < 1.29 is 4.74 Å². The van der Waals surface area contributed by atoms with Crippen molar-refractivity contribution in [2.24, 2.45) is 0 Å². The van der Waals surface area contributed by atoms with E-state index in [0.29, 0.717) is 6.04 Å². The molecule has 2 atom stereocenters. The fourth-order valence-corrected chi connectivity index (χ4v) is 2.94. The number of hydrogen-bond acceptors (Lipinski definition) is 3. The van der Waals surface area contributed by atoms with Crippen LogP contribution < -0.4 is 5.32 Å². The normalized spacial score (nSPS) is 21.9. The molecule has 1 saturated heterocycles. The van der Waals surface area contributed by atoms with E-state index < -0.39 is 0 Å². The molecular formula is C16H32N2O. The summed E-state index contributed by atoms with van der Waals surface area (Å²) in [6, 6.07) is 0.480. The van der Waals surface area contributed by atoms with Crippen molar-refractivity contribution in [1.29, 1.82) is 0 Å². The Morgan fingerprint density at radius 2 is 2.00 bits per heavy atom. The zero-order valence-electron chi connectivity index (χ0n) is 13.3. The summed E-state index contributed by atoms with van der Waals surface area (Å²) in [5.74, 6) is 0. The molecule has 1 rings (SSSR count). The molecule has 0 aromatic rings. The molecule has 0 amide bonds. The molecule has 0 saturated carbocycles. The molecule has 1 aliphatic heterocycles. The second-order valence-corrected chi connectivity index (χ2v) is 5.98. The predicted octanol–water partition coefficient (Wildman–Crippen LogP) is 2.82. The Morgan fingerprint density at radius 3 is 2.47 bits per heavy atom. The van der Waals surface area contributed by atoms with Gasteiger partial charge in [-0.05, 0) is 39.7 Å². The average molecular weight is 268 g/mol. The summed E-state index contributed by atoms with van der Waals surface area (Å²) in [6.07, 6.45) is 3.39. The summed E-state index contributed by atoms with van der Waals surface area (Å²) >= 11 is 0. The van der Waals surface area contributed by atoms with Gasteiger partial charge in [0, 0.05) is 24.7 Å². The molecule has 3 heteroatoms. The molecule has 2 unspecified atom stereocenters. The first-order valence-corrected chi connectivity index (χ1v) is 7.75. The Hall–Kier alpha value is -0.380. The molecule has 1 heterocycles. The number of hydrogen-bond donors (Lipinski definition) is 1. The van der Waals surface area contributed by atoms with E-state index in [-0.39, 0.29) is 5.54 Å². The average Bonchev–Trinajstić information content (AvgIpc) is 2.43. The van der Waals surface area contributed by atoms with E-state index in [1.807, 2.05) is 0 Å². The number of ether oxygens (including phenoxy) is 1. The molecule has 0 aromatic heterocycles. The van der Waals surface area contributed by atoms with Crippen molar-refractivity contribution in [2.75, 3.05) is 32.8 Å². The maximum absolute atomic E-state index is 5.50. The molecule has 1 aliphatic rings. The van der Waals surface area contributed by atoms with Crippen LogP contribution in [-0.2, 0) is 4.74 Å². The van der Waals surface area contributed by atoms with E-state index in [1.165, 1.54) is 12.0 Å². The summed E-state index contributed by atoms with van der Waals surface area (Å²) in [5, 5.41) is 3.75. The lowest BCUT2D eigenvalue weighted by Crippen LogP contribution is -2.62. The third-order valence-electron chi connectivity index (χ3n) is 4.39. The van der Waals surface area contributed by atoms with E-state index in [1.54, 1.807) is 0 Å². The van der Waals surface area contributed by atoms with E-state index in [9.17, 15) is 0 Å². The fraction of sp³-hybridized carbons (Fsp3) is 0.875. The van der Waals surface area contributed by atoms with Gasteiger partial charge in [0.25, 0.3) is 0 Å². The van der Waals surface area contributed by atoms with Crippen molar-refractivity contribution in [3.63, 3.8) is 0 Å². The van der Waals surface area contributed by atoms with Crippen LogP contribution in [0.1, 0.15) is 47.0 Å². The highest BCUT2D eigenvalue weighted by Gasteiger charge is 2.38. The second-order valence-electron chi connectivity index (χ2n) is 5.98. The van der Waals surface area contributed by atoms with E-state index in [0.717, 1.165) is 45.7 Å². The smallest absolute Gasteiger partial charge is 0.0594 e. The Kier molecular flexibility index (Phi) is 7.05. The van der Waals surface area contributed by atoms with Crippen LogP contribution in [0.25, 0.3) is 0 Å². The van der Waals surface area contributed by atoms with Crippen molar-refractivity contribution in [2.45, 2.75) is 58.5 Å². The van der Waals surface area contributed by atoms with Crippen LogP contribution in [0.2, 0.25) is 0 Å². The largest absolute Gasteiger partial charge is 0.379 e. The van der Waals surface area contributed by atoms with Gasteiger partial charge in [-0.2, -0.15) is 0 Å². The highest BCUT2D eigenvalue weighted by molar-refractivity contribution is 5.04. The maximum Gasteiger partial charge on any atom is 0.0594 e. The first kappa shape index (κ1) is 16.7. The monoisotopic (exact) mass is 268 g/mol. The van der Waals surface area contributed by atoms with Gasteiger partial charge in [0.15, 0.2) is 0 Å². The summed E-state index contributed by atoms with van der Waals surface area (Å²) in [6.45, 7) is 18.1. The Labute approximate surface area is 119 Å². The summed E-state index contributed by atoms with van der Waals surface area (Å²) in [4.78, 5) is 2.60. The third-order valence-corrected chi connectivity index (χ3v) is 4.39. The van der Waals surface area contributed by atoms with Gasteiger partial charge >= 0.3 is 0 Å². The van der Waals surface area contributed by atoms with Gasteiger partial charge in [-0.25, -0.2) is 0 Å². The maximum atomic E-state index is 5.50. The first-order valence-electron chi connectivity index (χ1n) is 7.75. The van der Waals surface area contributed by atoms with Crippen LogP contribution in [0.4, 0.5) is 0 Å². The van der Waals surface area contributed by atoms with Gasteiger partial charge in [0.1, 0.15) is 0 Å². The molecule has 0 radical (unpaired) electrons. The van der Waals surface area contributed by atoms with Gasteiger partial charge < -0.3 is 10.1 Å². The summed E-state index contributed by atoms with van der Waals surface area (Å²) in [7, 11) is 0. The van der Waals surface area contributed by atoms with Crippen LogP contribution in [0.5, 0.6) is 0 Å². The van der Waals surface area contributed by atoms with Gasteiger partial charge in [-0.15, -0.1) is 6.58 Å². The van der Waals surface area contributed by atoms with Crippen molar-refractivity contribution >= 4 is 0 Å². The minimum atomic E-state index is 0.192. The first-order chi connectivity index (χ1) is 9.04. The van der Waals surface area contributed by atoms with Crippen molar-refractivity contribution in [3.05, 3.63) is 12.2 Å². The second kappa shape index (κ2) is 8.03. The standard InChI is InChI=1S/C16H32N2O/c1-6-8-17-15(13-14(3)4)16(5,7-2)18-9-11-19-12-10-18/h15,17H,3,6-13H2,1-2,4-5H3. The predicted molar refractivity (Wildman–Crippen MR) is 82.6 cm³/mol. The van der Waals surface area contributed by atoms with Gasteiger partial charge in [0.2, 0.25) is 0 Å². The molecule has 1 fully saturated rings. The molecule has 112 valence electrons. The third kappa shape index (κ3) is 4.59. The zero-order chi connectivity index (χ0) is 14.3. The minimum absolute atomic E-state index is 0.192. The molecule has 0 aromatic carbocycles. The van der Waals surface area contributed by atoms with E-state index >= 15 is 0 Å². The molecule has 0 spiro atoms. The topological polar surface area (TPSA) is 24.5 Å². The Bertz CT molecular complexity index is 274.